The molecule has 2 heterocycles. The number of ether oxygens (including phenoxy) is 3. The second-order valence-electron chi connectivity index (χ2n) is 8.11. The number of nitrogens with zero attached hydrogens (tertiary/aromatic N) is 3. The molecule has 0 unspecified atom stereocenters. The van der Waals surface area contributed by atoms with E-state index >= 15 is 0 Å². The molecule has 2 aliphatic heterocycles. The predicted octanol–water partition coefficient (Wildman–Crippen LogP) is 2.65. The van der Waals surface area contributed by atoms with Crippen molar-refractivity contribution in [3.8, 4) is 17.2 Å². The first-order valence-electron chi connectivity index (χ1n) is 11.9. The van der Waals surface area contributed by atoms with E-state index in [0.717, 1.165) is 25.9 Å². The molecule has 3 rings (SSSR count). The summed E-state index contributed by atoms with van der Waals surface area (Å²) in [5, 5.41) is 0. The maximum absolute atomic E-state index is 13.2. The Bertz CT molecular complexity index is 744. The first-order chi connectivity index (χ1) is 15.6. The number of rotatable bonds is 9. The summed E-state index contributed by atoms with van der Waals surface area (Å²) in [6.07, 6.45) is 3.42. The van der Waals surface area contributed by atoms with Crippen LogP contribution < -0.4 is 14.2 Å². The SMILES string of the molecule is CCOc1cc(C(=O)N2CCN(CC(=O)N3CCCCC3)CC2)cc(OCC)c1OCC. The number of benzene rings is 1. The van der Waals surface area contributed by atoms with Crippen molar-refractivity contribution in [2.75, 3.05) is 65.6 Å². The first kappa shape index (κ1) is 24.2. The van der Waals surface area contributed by atoms with E-state index in [9.17, 15) is 9.59 Å². The van der Waals surface area contributed by atoms with Crippen LogP contribution in [0, 0.1) is 0 Å². The lowest BCUT2D eigenvalue weighted by molar-refractivity contribution is -0.133. The van der Waals surface area contributed by atoms with Crippen LogP contribution in [-0.4, -0.2) is 92.1 Å². The molecule has 0 atom stereocenters. The standard InChI is InChI=1S/C24H37N3O5/c1-4-30-20-16-19(17-21(31-5-2)23(20)32-6-3)24(29)27-14-12-25(13-15-27)18-22(28)26-10-8-7-9-11-26/h16-17H,4-15,18H2,1-3H3. The van der Waals surface area contributed by atoms with Gasteiger partial charge in [-0.05, 0) is 52.2 Å². The number of carbonyl (C=O) groups excluding carboxylic acids is 2. The van der Waals surface area contributed by atoms with Gasteiger partial charge in [-0.15, -0.1) is 0 Å². The molecule has 0 bridgehead atoms. The molecule has 0 saturated carbocycles. The number of carbonyl (C=O) groups is 2. The van der Waals surface area contributed by atoms with Gasteiger partial charge in [-0.2, -0.15) is 0 Å². The van der Waals surface area contributed by atoms with Gasteiger partial charge in [0, 0.05) is 44.8 Å². The van der Waals surface area contributed by atoms with E-state index < -0.39 is 0 Å². The Morgan fingerprint density at radius 1 is 0.750 bits per heavy atom. The van der Waals surface area contributed by atoms with E-state index in [1.54, 1.807) is 12.1 Å². The van der Waals surface area contributed by atoms with Crippen LogP contribution in [0.1, 0.15) is 50.4 Å². The fraction of sp³-hybridized carbons (Fsp3) is 0.667. The fourth-order valence-electron chi connectivity index (χ4n) is 4.24. The Kier molecular flexibility index (Phi) is 9.02. The van der Waals surface area contributed by atoms with Gasteiger partial charge in [-0.25, -0.2) is 0 Å². The molecule has 1 aromatic rings. The van der Waals surface area contributed by atoms with Crippen LogP contribution in [-0.2, 0) is 4.79 Å². The summed E-state index contributed by atoms with van der Waals surface area (Å²) in [5.41, 5.74) is 0.526. The third kappa shape index (κ3) is 6.06. The Hall–Kier alpha value is -2.48. The van der Waals surface area contributed by atoms with Crippen LogP contribution in [0.3, 0.4) is 0 Å². The fourth-order valence-corrected chi connectivity index (χ4v) is 4.24. The van der Waals surface area contributed by atoms with Gasteiger partial charge < -0.3 is 24.0 Å². The highest BCUT2D eigenvalue weighted by Crippen LogP contribution is 2.39. The quantitative estimate of drug-likeness (QED) is 0.580. The molecule has 2 saturated heterocycles. The zero-order valence-corrected chi connectivity index (χ0v) is 19.7. The van der Waals surface area contributed by atoms with Gasteiger partial charge >= 0.3 is 0 Å². The minimum Gasteiger partial charge on any atom is -0.490 e. The summed E-state index contributed by atoms with van der Waals surface area (Å²) in [5.74, 6) is 1.73. The third-order valence-corrected chi connectivity index (χ3v) is 5.88. The van der Waals surface area contributed by atoms with Crippen LogP contribution >= 0.6 is 0 Å². The third-order valence-electron chi connectivity index (χ3n) is 5.88. The number of likely N-dealkylation sites (tertiary alicyclic amines) is 1. The Balaban J connectivity index is 1.64. The number of piperazine rings is 1. The van der Waals surface area contributed by atoms with E-state index in [4.69, 9.17) is 14.2 Å². The van der Waals surface area contributed by atoms with E-state index in [2.05, 4.69) is 4.90 Å². The molecule has 0 aliphatic carbocycles. The van der Waals surface area contributed by atoms with Gasteiger partial charge in [0.2, 0.25) is 11.7 Å². The minimum atomic E-state index is -0.0584. The Morgan fingerprint density at radius 3 is 1.84 bits per heavy atom. The second-order valence-corrected chi connectivity index (χ2v) is 8.11. The molecule has 178 valence electrons. The highest BCUT2D eigenvalue weighted by Gasteiger charge is 2.27. The number of hydrogen-bond acceptors (Lipinski definition) is 6. The molecule has 0 aromatic heterocycles. The van der Waals surface area contributed by atoms with E-state index in [0.29, 0.717) is 75.4 Å². The predicted molar refractivity (Wildman–Crippen MR) is 123 cm³/mol. The average Bonchev–Trinajstić information content (AvgIpc) is 2.82. The number of amides is 2. The minimum absolute atomic E-state index is 0.0584. The lowest BCUT2D eigenvalue weighted by atomic mass is 10.1. The van der Waals surface area contributed by atoms with Crippen molar-refractivity contribution in [1.82, 2.24) is 14.7 Å². The molecular formula is C24H37N3O5. The first-order valence-corrected chi connectivity index (χ1v) is 11.9. The van der Waals surface area contributed by atoms with Crippen LogP contribution in [0.5, 0.6) is 17.2 Å². The lowest BCUT2D eigenvalue weighted by Crippen LogP contribution is -2.52. The van der Waals surface area contributed by atoms with Crippen LogP contribution in [0.2, 0.25) is 0 Å². The van der Waals surface area contributed by atoms with E-state index in [1.807, 2.05) is 30.6 Å². The average molecular weight is 448 g/mol. The van der Waals surface area contributed by atoms with Crippen LogP contribution in [0.4, 0.5) is 0 Å². The van der Waals surface area contributed by atoms with Gasteiger partial charge in [-0.3, -0.25) is 14.5 Å². The van der Waals surface area contributed by atoms with Gasteiger partial charge in [0.25, 0.3) is 5.91 Å². The summed E-state index contributed by atoms with van der Waals surface area (Å²) in [7, 11) is 0. The van der Waals surface area contributed by atoms with Crippen molar-refractivity contribution in [3.05, 3.63) is 17.7 Å². The van der Waals surface area contributed by atoms with Crippen molar-refractivity contribution in [2.24, 2.45) is 0 Å². The zero-order chi connectivity index (χ0) is 22.9. The van der Waals surface area contributed by atoms with Gasteiger partial charge in [0.1, 0.15) is 0 Å². The highest BCUT2D eigenvalue weighted by atomic mass is 16.5. The van der Waals surface area contributed by atoms with Crippen molar-refractivity contribution in [1.29, 1.82) is 0 Å². The molecular weight excluding hydrogens is 410 g/mol. The van der Waals surface area contributed by atoms with E-state index in [-0.39, 0.29) is 11.8 Å². The lowest BCUT2D eigenvalue weighted by Gasteiger charge is -2.36. The number of hydrogen-bond donors (Lipinski definition) is 0. The molecule has 1 aromatic carbocycles. The van der Waals surface area contributed by atoms with Gasteiger partial charge in [0.05, 0.1) is 26.4 Å². The maximum Gasteiger partial charge on any atom is 0.254 e. The second kappa shape index (κ2) is 11.9. The normalized spacial score (nSPS) is 17.2. The molecule has 0 spiro atoms. The van der Waals surface area contributed by atoms with Gasteiger partial charge in [0.15, 0.2) is 11.5 Å². The number of piperidine rings is 1. The Morgan fingerprint density at radius 2 is 1.31 bits per heavy atom. The van der Waals surface area contributed by atoms with Crippen molar-refractivity contribution < 1.29 is 23.8 Å². The largest absolute Gasteiger partial charge is 0.490 e. The zero-order valence-electron chi connectivity index (χ0n) is 19.7. The summed E-state index contributed by atoms with van der Waals surface area (Å²) in [6.45, 7) is 11.9. The van der Waals surface area contributed by atoms with Crippen LogP contribution in [0.15, 0.2) is 12.1 Å². The highest BCUT2D eigenvalue weighted by molar-refractivity contribution is 5.95. The molecule has 32 heavy (non-hydrogen) atoms. The molecule has 0 N–H and O–H groups in total. The van der Waals surface area contributed by atoms with Crippen molar-refractivity contribution >= 4 is 11.8 Å². The van der Waals surface area contributed by atoms with E-state index in [1.165, 1.54) is 6.42 Å². The molecule has 2 aliphatic rings. The molecule has 0 radical (unpaired) electrons. The van der Waals surface area contributed by atoms with Crippen molar-refractivity contribution in [3.63, 3.8) is 0 Å². The van der Waals surface area contributed by atoms with Crippen LogP contribution in [0.25, 0.3) is 0 Å². The van der Waals surface area contributed by atoms with Gasteiger partial charge in [-0.1, -0.05) is 0 Å². The molecule has 2 fully saturated rings. The molecule has 2 amide bonds. The molecule has 8 heteroatoms. The topological polar surface area (TPSA) is 71.6 Å². The Labute approximate surface area is 191 Å². The summed E-state index contributed by atoms with van der Waals surface area (Å²) < 4.78 is 17.2. The molecule has 8 nitrogen and oxygen atoms in total. The van der Waals surface area contributed by atoms with Crippen molar-refractivity contribution in [2.45, 2.75) is 40.0 Å². The smallest absolute Gasteiger partial charge is 0.254 e. The summed E-state index contributed by atoms with van der Waals surface area (Å²) >= 11 is 0. The summed E-state index contributed by atoms with van der Waals surface area (Å²) in [6, 6.07) is 3.48. The summed E-state index contributed by atoms with van der Waals surface area (Å²) in [4.78, 5) is 31.8. The maximum atomic E-state index is 13.2. The monoisotopic (exact) mass is 447 g/mol.